The number of halogens is 1. The van der Waals surface area contributed by atoms with Gasteiger partial charge in [-0.25, -0.2) is 24.3 Å². The van der Waals surface area contributed by atoms with Crippen molar-refractivity contribution in [3.8, 4) is 11.3 Å². The molecule has 0 unspecified atom stereocenters. The molecule has 0 fully saturated rings. The Morgan fingerprint density at radius 2 is 2.00 bits per heavy atom. The number of benzene rings is 1. The molecule has 0 amide bonds. The molecule has 3 heterocycles. The van der Waals surface area contributed by atoms with E-state index in [-0.39, 0.29) is 17.5 Å². The van der Waals surface area contributed by atoms with E-state index in [1.807, 2.05) is 43.3 Å². The van der Waals surface area contributed by atoms with Gasteiger partial charge in [-0.1, -0.05) is 41.9 Å². The number of imidazole rings is 1. The van der Waals surface area contributed by atoms with E-state index in [4.69, 9.17) is 29.0 Å². The molecule has 1 aromatic carbocycles. The first-order chi connectivity index (χ1) is 13.6. The van der Waals surface area contributed by atoms with E-state index >= 15 is 0 Å². The molecule has 9 heteroatoms. The molecule has 0 aliphatic heterocycles. The standard InChI is InChI=1S/C19H15ClN8/c1-11(26-19-17(22-2)18(21)24-10-25-19)13-8-15-23-9-14(20)28(15)27-16(13)12-6-4-3-5-7-12/h3-11H,1H3,(H3,21,24,25,26)/t11-/m1/s1. The van der Waals surface area contributed by atoms with Crippen molar-refractivity contribution in [1.29, 1.82) is 0 Å². The lowest BCUT2D eigenvalue weighted by molar-refractivity contribution is 0.842. The van der Waals surface area contributed by atoms with Crippen molar-refractivity contribution in [3.05, 3.63) is 71.1 Å². The molecule has 0 bridgehead atoms. The number of aromatic nitrogens is 5. The van der Waals surface area contributed by atoms with Gasteiger partial charge in [0, 0.05) is 11.1 Å². The fourth-order valence-electron chi connectivity index (χ4n) is 2.94. The Morgan fingerprint density at radius 1 is 1.21 bits per heavy atom. The van der Waals surface area contributed by atoms with E-state index in [9.17, 15) is 0 Å². The summed E-state index contributed by atoms with van der Waals surface area (Å²) in [7, 11) is 0. The molecular weight excluding hydrogens is 376 g/mol. The van der Waals surface area contributed by atoms with Crippen LogP contribution in [-0.2, 0) is 0 Å². The number of hydrogen-bond donors (Lipinski definition) is 2. The number of anilines is 2. The fourth-order valence-corrected chi connectivity index (χ4v) is 3.12. The normalized spacial score (nSPS) is 11.9. The zero-order chi connectivity index (χ0) is 19.7. The van der Waals surface area contributed by atoms with Crippen LogP contribution in [0.1, 0.15) is 18.5 Å². The van der Waals surface area contributed by atoms with Crippen LogP contribution in [0.2, 0.25) is 5.15 Å². The van der Waals surface area contributed by atoms with E-state index in [0.29, 0.717) is 16.6 Å². The summed E-state index contributed by atoms with van der Waals surface area (Å²) in [6.45, 7) is 9.30. The van der Waals surface area contributed by atoms with Crippen molar-refractivity contribution >= 4 is 34.6 Å². The van der Waals surface area contributed by atoms with Crippen LogP contribution in [0.15, 0.2) is 48.9 Å². The molecule has 0 spiro atoms. The zero-order valence-corrected chi connectivity index (χ0v) is 15.6. The minimum atomic E-state index is -0.238. The first-order valence-electron chi connectivity index (χ1n) is 8.42. The summed E-state index contributed by atoms with van der Waals surface area (Å²) >= 11 is 6.21. The maximum atomic E-state index is 7.35. The van der Waals surface area contributed by atoms with Gasteiger partial charge in [0.2, 0.25) is 0 Å². The molecule has 3 aromatic heterocycles. The Hall–Kier alpha value is -3.70. The minimum absolute atomic E-state index is 0.136. The molecule has 4 aromatic rings. The molecule has 8 nitrogen and oxygen atoms in total. The molecule has 28 heavy (non-hydrogen) atoms. The second kappa shape index (κ2) is 7.13. The second-order valence-electron chi connectivity index (χ2n) is 6.10. The molecule has 0 saturated heterocycles. The number of nitrogens with zero attached hydrogens (tertiary/aromatic N) is 6. The van der Waals surface area contributed by atoms with E-state index in [2.05, 4.69) is 25.1 Å². The van der Waals surface area contributed by atoms with Gasteiger partial charge in [-0.3, -0.25) is 0 Å². The SMILES string of the molecule is [C-]#[N+]c1c(N)ncnc1N[C@H](C)c1cc2ncc(Cl)n2nc1-c1ccccc1. The van der Waals surface area contributed by atoms with Gasteiger partial charge in [-0.05, 0) is 13.0 Å². The third kappa shape index (κ3) is 3.08. The summed E-state index contributed by atoms with van der Waals surface area (Å²) < 4.78 is 1.59. The summed E-state index contributed by atoms with van der Waals surface area (Å²) in [6, 6.07) is 11.5. The van der Waals surface area contributed by atoms with E-state index in [1.165, 1.54) is 6.33 Å². The largest absolute Gasteiger partial charge is 0.392 e. The van der Waals surface area contributed by atoms with Gasteiger partial charge in [0.25, 0.3) is 5.69 Å². The predicted octanol–water partition coefficient (Wildman–Crippen LogP) is 4.15. The van der Waals surface area contributed by atoms with E-state index < -0.39 is 0 Å². The molecule has 0 radical (unpaired) electrons. The first-order valence-corrected chi connectivity index (χ1v) is 8.80. The smallest absolute Gasteiger partial charge is 0.268 e. The Labute approximate surface area is 165 Å². The van der Waals surface area contributed by atoms with Crippen molar-refractivity contribution in [2.45, 2.75) is 13.0 Å². The number of nitrogen functional groups attached to an aromatic ring is 1. The van der Waals surface area contributed by atoms with Crippen molar-refractivity contribution in [1.82, 2.24) is 24.6 Å². The number of rotatable bonds is 4. The van der Waals surface area contributed by atoms with Crippen LogP contribution in [0.5, 0.6) is 0 Å². The summed E-state index contributed by atoms with van der Waals surface area (Å²) in [4.78, 5) is 15.8. The predicted molar refractivity (Wildman–Crippen MR) is 108 cm³/mol. The minimum Gasteiger partial charge on any atom is -0.392 e. The van der Waals surface area contributed by atoms with Crippen molar-refractivity contribution in [2.24, 2.45) is 0 Å². The lowest BCUT2D eigenvalue weighted by atomic mass is 10.0. The Bertz CT molecular complexity index is 1200. The first kappa shape index (κ1) is 17.7. The summed E-state index contributed by atoms with van der Waals surface area (Å²) in [5, 5.41) is 8.37. The molecule has 0 aliphatic rings. The molecular formula is C19H15ClN8. The number of nitrogens with two attached hydrogens (primary N) is 1. The second-order valence-corrected chi connectivity index (χ2v) is 6.49. The Morgan fingerprint density at radius 3 is 2.75 bits per heavy atom. The number of nitrogens with one attached hydrogen (secondary N) is 1. The average molecular weight is 391 g/mol. The van der Waals surface area contributed by atoms with Crippen molar-refractivity contribution in [2.75, 3.05) is 11.1 Å². The molecule has 4 rings (SSSR count). The number of hydrogen-bond acceptors (Lipinski definition) is 6. The quantitative estimate of drug-likeness (QED) is 0.508. The molecule has 0 saturated carbocycles. The van der Waals surface area contributed by atoms with Crippen LogP contribution in [0.4, 0.5) is 17.3 Å². The monoisotopic (exact) mass is 390 g/mol. The van der Waals surface area contributed by atoms with Crippen LogP contribution in [0.25, 0.3) is 21.7 Å². The third-order valence-electron chi connectivity index (χ3n) is 4.31. The Kier molecular flexibility index (Phi) is 4.51. The van der Waals surface area contributed by atoms with Crippen LogP contribution in [0, 0.1) is 6.57 Å². The highest BCUT2D eigenvalue weighted by molar-refractivity contribution is 6.29. The highest BCUT2D eigenvalue weighted by Crippen LogP contribution is 2.33. The zero-order valence-electron chi connectivity index (χ0n) is 14.8. The Balaban J connectivity index is 1.83. The van der Waals surface area contributed by atoms with Gasteiger partial charge in [-0.15, -0.1) is 0 Å². The molecule has 1 atom stereocenters. The fraction of sp³-hybridized carbons (Fsp3) is 0.105. The van der Waals surface area contributed by atoms with Gasteiger partial charge in [0.05, 0.1) is 24.5 Å². The van der Waals surface area contributed by atoms with Crippen LogP contribution >= 0.6 is 11.6 Å². The maximum absolute atomic E-state index is 7.35. The highest BCUT2D eigenvalue weighted by Gasteiger charge is 2.19. The lowest BCUT2D eigenvalue weighted by Crippen LogP contribution is -2.12. The molecule has 3 N–H and O–H groups in total. The van der Waals surface area contributed by atoms with Gasteiger partial charge in [-0.2, -0.15) is 5.10 Å². The van der Waals surface area contributed by atoms with Crippen molar-refractivity contribution in [3.63, 3.8) is 0 Å². The topological polar surface area (TPSA) is 98.4 Å². The van der Waals surface area contributed by atoms with Gasteiger partial charge >= 0.3 is 0 Å². The van der Waals surface area contributed by atoms with Gasteiger partial charge in [0.15, 0.2) is 10.8 Å². The summed E-state index contributed by atoms with van der Waals surface area (Å²) in [5.74, 6) is 0.506. The van der Waals surface area contributed by atoms with E-state index in [1.54, 1.807) is 10.7 Å². The number of fused-ring (bicyclic) bond motifs is 1. The maximum Gasteiger partial charge on any atom is 0.268 e. The van der Waals surface area contributed by atoms with Gasteiger partial charge < -0.3 is 11.1 Å². The third-order valence-corrected chi connectivity index (χ3v) is 4.57. The molecule has 0 aliphatic carbocycles. The van der Waals surface area contributed by atoms with Gasteiger partial charge in [0.1, 0.15) is 18.0 Å². The summed E-state index contributed by atoms with van der Waals surface area (Å²) in [5.41, 5.74) is 9.18. The molecule has 138 valence electrons. The highest BCUT2D eigenvalue weighted by atomic mass is 35.5. The van der Waals surface area contributed by atoms with Crippen LogP contribution < -0.4 is 11.1 Å². The van der Waals surface area contributed by atoms with Crippen molar-refractivity contribution < 1.29 is 0 Å². The van der Waals surface area contributed by atoms with Crippen LogP contribution in [-0.4, -0.2) is 24.6 Å². The van der Waals surface area contributed by atoms with E-state index in [0.717, 1.165) is 16.8 Å². The van der Waals surface area contributed by atoms with Crippen LogP contribution in [0.3, 0.4) is 0 Å². The lowest BCUT2D eigenvalue weighted by Gasteiger charge is -2.19. The average Bonchev–Trinajstić information content (AvgIpc) is 3.08. The summed E-state index contributed by atoms with van der Waals surface area (Å²) in [6.07, 6.45) is 2.88.